The van der Waals surface area contributed by atoms with Gasteiger partial charge in [-0.25, -0.2) is 4.57 Å². The first-order valence-corrected chi connectivity index (χ1v) is 4.81. The molecule has 1 rings (SSSR count). The molecule has 0 saturated carbocycles. The van der Waals surface area contributed by atoms with Crippen molar-refractivity contribution >= 4 is 20.4 Å². The predicted molar refractivity (Wildman–Crippen MR) is 47.5 cm³/mol. The summed E-state index contributed by atoms with van der Waals surface area (Å²) in [6.07, 6.45) is 6.71. The molecule has 0 saturated heterocycles. The fraction of sp³-hybridized carbons (Fsp3) is 0.286. The monoisotopic (exact) mass is 194 g/mol. The zero-order valence-electron chi connectivity index (χ0n) is 6.95. The molecule has 5 radical (unpaired) electrons. The summed E-state index contributed by atoms with van der Waals surface area (Å²) in [5, 5.41) is 0. The smallest absolute Gasteiger partial charge is 0.420 e. The van der Waals surface area contributed by atoms with Crippen molar-refractivity contribution in [1.82, 2.24) is 4.23 Å². The van der Waals surface area contributed by atoms with E-state index >= 15 is 0 Å². The topological polar surface area (TPSA) is 18.0 Å². The van der Waals surface area contributed by atoms with Crippen LogP contribution in [0.15, 0.2) is 25.0 Å². The van der Waals surface area contributed by atoms with Crippen molar-refractivity contribution in [2.75, 3.05) is 0 Å². The van der Waals surface area contributed by atoms with Crippen molar-refractivity contribution in [1.29, 1.82) is 0 Å². The van der Waals surface area contributed by atoms with Gasteiger partial charge in [-0.3, -0.25) is 4.23 Å². The number of rotatable bonds is 4. The number of allylic oxidation sites excluding steroid dienone is 1. The lowest BCUT2D eigenvalue weighted by Crippen LogP contribution is -2.32. The summed E-state index contributed by atoms with van der Waals surface area (Å²) in [5.74, 6) is 1.18. The number of hydrogen-bond acceptors (Lipinski definition) is 1. The van der Waals surface area contributed by atoms with Crippen molar-refractivity contribution < 1.29 is 8.68 Å². The summed E-state index contributed by atoms with van der Waals surface area (Å²) < 4.78 is 8.97. The van der Waals surface area contributed by atoms with Crippen LogP contribution in [0.5, 0.6) is 0 Å². The number of imidazole rings is 1. The zero-order chi connectivity index (χ0) is 8.97. The largest absolute Gasteiger partial charge is 0.534 e. The SMILES string of the molecule is C=CCc1n([Si]O[Si])cc[n+]1C. The number of aromatic nitrogens is 2. The molecule has 0 spiro atoms. The number of hydrogen-bond donors (Lipinski definition) is 0. The van der Waals surface area contributed by atoms with Crippen LogP contribution in [0.25, 0.3) is 0 Å². The second-order valence-electron chi connectivity index (χ2n) is 2.38. The first-order valence-electron chi connectivity index (χ1n) is 3.55. The Kier molecular flexibility index (Phi) is 3.45. The average Bonchev–Trinajstić information content (AvgIpc) is 2.37. The predicted octanol–water partition coefficient (Wildman–Crippen LogP) is -0.477. The molecule has 3 nitrogen and oxygen atoms in total. The Hall–Kier alpha value is -0.656. The van der Waals surface area contributed by atoms with Crippen LogP contribution in [0, 0.1) is 0 Å². The van der Waals surface area contributed by atoms with E-state index in [0.29, 0.717) is 0 Å². The van der Waals surface area contributed by atoms with Gasteiger partial charge in [-0.1, -0.05) is 6.08 Å². The summed E-state index contributed by atoms with van der Waals surface area (Å²) in [5.41, 5.74) is 0. The molecule has 0 N–H and O–H groups in total. The van der Waals surface area contributed by atoms with Crippen LogP contribution in [0.1, 0.15) is 5.82 Å². The fourth-order valence-corrected chi connectivity index (χ4v) is 1.89. The highest BCUT2D eigenvalue weighted by Gasteiger charge is 2.13. The lowest BCUT2D eigenvalue weighted by atomic mass is 10.4. The van der Waals surface area contributed by atoms with Gasteiger partial charge >= 0.3 is 9.92 Å². The Morgan fingerprint density at radius 2 is 2.67 bits per heavy atom. The molecule has 1 aromatic heterocycles. The zero-order valence-corrected chi connectivity index (χ0v) is 8.95. The molecule has 0 unspecified atom stereocenters. The maximum absolute atomic E-state index is 4.88. The Morgan fingerprint density at radius 1 is 1.92 bits per heavy atom. The molecule has 5 heteroatoms. The first kappa shape index (κ1) is 9.43. The Bertz CT molecular complexity index is 272. The minimum Gasteiger partial charge on any atom is -0.420 e. The van der Waals surface area contributed by atoms with Crippen molar-refractivity contribution in [3.63, 3.8) is 0 Å². The lowest BCUT2D eigenvalue weighted by Gasteiger charge is -1.95. The van der Waals surface area contributed by atoms with Crippen molar-refractivity contribution in [3.05, 3.63) is 30.9 Å². The third-order valence-corrected chi connectivity index (χ3v) is 2.56. The van der Waals surface area contributed by atoms with Gasteiger partial charge < -0.3 is 4.12 Å². The van der Waals surface area contributed by atoms with E-state index in [1.54, 1.807) is 0 Å². The molecule has 0 aliphatic rings. The fourth-order valence-electron chi connectivity index (χ4n) is 1.01. The highest BCUT2D eigenvalue weighted by atomic mass is 28.3. The normalized spacial score (nSPS) is 10.2. The van der Waals surface area contributed by atoms with Crippen LogP contribution in [0.3, 0.4) is 0 Å². The molecular formula is C7H10N2OSi2+. The van der Waals surface area contributed by atoms with E-state index in [-0.39, 0.29) is 9.92 Å². The minimum absolute atomic E-state index is 0.278. The standard InChI is InChI=1S/C7H10N2OSi2/c1-3-4-7-8(2)5-6-9(7)12-10-11/h3,5-6H,1,4H2,2H3/q+1. The maximum Gasteiger partial charge on any atom is 0.534 e. The highest BCUT2D eigenvalue weighted by Crippen LogP contribution is 1.93. The summed E-state index contributed by atoms with van der Waals surface area (Å²) in [6.45, 7) is 3.70. The van der Waals surface area contributed by atoms with Gasteiger partial charge in [0.1, 0.15) is 12.4 Å². The molecular weight excluding hydrogens is 184 g/mol. The van der Waals surface area contributed by atoms with Gasteiger partial charge in [0.05, 0.1) is 13.5 Å². The van der Waals surface area contributed by atoms with E-state index in [0.717, 1.165) is 6.42 Å². The van der Waals surface area contributed by atoms with Crippen LogP contribution in [-0.4, -0.2) is 24.6 Å². The molecule has 0 aromatic carbocycles. The summed E-state index contributed by atoms with van der Waals surface area (Å²) >= 11 is 0. The van der Waals surface area contributed by atoms with E-state index in [4.69, 9.17) is 4.12 Å². The quantitative estimate of drug-likeness (QED) is 0.360. The molecule has 1 aromatic rings. The van der Waals surface area contributed by atoms with Gasteiger partial charge in [-0.05, 0) is 0 Å². The van der Waals surface area contributed by atoms with Crippen molar-refractivity contribution in [2.45, 2.75) is 6.42 Å². The third kappa shape index (κ3) is 1.93. The van der Waals surface area contributed by atoms with Crippen LogP contribution in [0.2, 0.25) is 0 Å². The number of nitrogens with zero attached hydrogens (tertiary/aromatic N) is 2. The van der Waals surface area contributed by atoms with Gasteiger partial charge in [0, 0.05) is 0 Å². The molecule has 0 aliphatic heterocycles. The van der Waals surface area contributed by atoms with Crippen molar-refractivity contribution in [3.8, 4) is 0 Å². The van der Waals surface area contributed by atoms with Gasteiger partial charge in [0.15, 0.2) is 0 Å². The summed E-state index contributed by atoms with van der Waals surface area (Å²) in [6, 6.07) is 0. The van der Waals surface area contributed by atoms with Crippen molar-refractivity contribution in [2.24, 2.45) is 7.05 Å². The second-order valence-corrected chi connectivity index (χ2v) is 3.86. The van der Waals surface area contributed by atoms with E-state index in [1.165, 1.54) is 5.82 Å². The molecule has 61 valence electrons. The van der Waals surface area contributed by atoms with Gasteiger partial charge in [-0.2, -0.15) is 0 Å². The van der Waals surface area contributed by atoms with Crippen LogP contribution < -0.4 is 4.57 Å². The Balaban J connectivity index is 2.86. The number of aryl methyl sites for hydroxylation is 1. The lowest BCUT2D eigenvalue weighted by molar-refractivity contribution is -0.677. The van der Waals surface area contributed by atoms with E-state index in [9.17, 15) is 0 Å². The van der Waals surface area contributed by atoms with Crippen LogP contribution >= 0.6 is 0 Å². The minimum atomic E-state index is 0.278. The highest BCUT2D eigenvalue weighted by molar-refractivity contribution is 6.32. The summed E-state index contributed by atoms with van der Waals surface area (Å²) in [4.78, 5) is 0. The maximum atomic E-state index is 4.88. The first-order chi connectivity index (χ1) is 5.79. The van der Waals surface area contributed by atoms with Crippen LogP contribution in [0.4, 0.5) is 0 Å². The second kappa shape index (κ2) is 4.39. The van der Waals surface area contributed by atoms with Gasteiger partial charge in [0.25, 0.3) is 0 Å². The van der Waals surface area contributed by atoms with Gasteiger partial charge in [-0.15, -0.1) is 6.58 Å². The molecule has 0 atom stereocenters. The van der Waals surface area contributed by atoms with Gasteiger partial charge in [0.2, 0.25) is 16.3 Å². The average molecular weight is 194 g/mol. The molecule has 0 aliphatic carbocycles. The van der Waals surface area contributed by atoms with E-state index < -0.39 is 0 Å². The Labute approximate surface area is 78.2 Å². The van der Waals surface area contributed by atoms with E-state index in [2.05, 4.69) is 21.6 Å². The Morgan fingerprint density at radius 3 is 3.25 bits per heavy atom. The molecule has 1 heterocycles. The van der Waals surface area contributed by atoms with Crippen LogP contribution in [-0.2, 0) is 17.6 Å². The van der Waals surface area contributed by atoms with E-state index in [1.807, 2.05) is 29.8 Å². The molecule has 0 fully saturated rings. The molecule has 0 amide bonds. The summed E-state index contributed by atoms with van der Waals surface area (Å²) in [7, 11) is 5.27. The third-order valence-electron chi connectivity index (χ3n) is 1.60. The molecule has 12 heavy (non-hydrogen) atoms. The molecule has 0 bridgehead atoms.